The fourth-order valence-corrected chi connectivity index (χ4v) is 1.49. The minimum atomic E-state index is -0.352. The minimum absolute atomic E-state index is 0.00583. The van der Waals surface area contributed by atoms with E-state index in [4.69, 9.17) is 0 Å². The molecular formula is C9H15NO2. The average molecular weight is 169 g/mol. The maximum atomic E-state index is 11.5. The predicted molar refractivity (Wildman–Crippen MR) is 45.6 cm³/mol. The first-order valence-electron chi connectivity index (χ1n) is 4.32. The number of carbonyl (C=O) groups excluding carboxylic acids is 2. The molecule has 1 heterocycles. The highest BCUT2D eigenvalue weighted by Gasteiger charge is 2.35. The summed E-state index contributed by atoms with van der Waals surface area (Å²) < 4.78 is 0. The van der Waals surface area contributed by atoms with E-state index in [9.17, 15) is 9.59 Å². The number of hydrogen-bond acceptors (Lipinski definition) is 2. The molecule has 1 fully saturated rings. The fraction of sp³-hybridized carbons (Fsp3) is 0.778. The van der Waals surface area contributed by atoms with Gasteiger partial charge in [0.2, 0.25) is 5.91 Å². The maximum Gasteiger partial charge on any atom is 0.232 e. The van der Waals surface area contributed by atoms with Gasteiger partial charge in [-0.15, -0.1) is 0 Å². The van der Waals surface area contributed by atoms with E-state index in [-0.39, 0.29) is 23.5 Å². The third kappa shape index (κ3) is 1.49. The van der Waals surface area contributed by atoms with Gasteiger partial charge in [0, 0.05) is 19.5 Å². The van der Waals surface area contributed by atoms with Crippen molar-refractivity contribution < 1.29 is 9.59 Å². The summed E-state index contributed by atoms with van der Waals surface area (Å²) in [5.41, 5.74) is 0. The third-order valence-corrected chi connectivity index (χ3v) is 2.34. The molecule has 1 aliphatic heterocycles. The van der Waals surface area contributed by atoms with E-state index in [1.165, 1.54) is 0 Å². The van der Waals surface area contributed by atoms with Crippen LogP contribution in [0.2, 0.25) is 0 Å². The van der Waals surface area contributed by atoms with Gasteiger partial charge in [-0.3, -0.25) is 9.59 Å². The van der Waals surface area contributed by atoms with Gasteiger partial charge in [-0.1, -0.05) is 13.8 Å². The van der Waals surface area contributed by atoms with Crippen LogP contribution in [0.3, 0.4) is 0 Å². The van der Waals surface area contributed by atoms with E-state index < -0.39 is 0 Å². The predicted octanol–water partition coefficient (Wildman–Crippen LogP) is 0.690. The van der Waals surface area contributed by atoms with Crippen LogP contribution in [0.25, 0.3) is 0 Å². The number of likely N-dealkylation sites (tertiary alicyclic amines) is 1. The molecule has 0 saturated carbocycles. The highest BCUT2D eigenvalue weighted by atomic mass is 16.2. The van der Waals surface area contributed by atoms with Gasteiger partial charge in [0.05, 0.1) is 5.92 Å². The summed E-state index contributed by atoms with van der Waals surface area (Å²) in [7, 11) is 1.75. The normalized spacial score (nSPS) is 23.8. The summed E-state index contributed by atoms with van der Waals surface area (Å²) in [6, 6.07) is 0. The van der Waals surface area contributed by atoms with Crippen LogP contribution in [0, 0.1) is 11.8 Å². The van der Waals surface area contributed by atoms with Gasteiger partial charge in [-0.25, -0.2) is 0 Å². The van der Waals surface area contributed by atoms with E-state index in [0.717, 1.165) is 6.54 Å². The van der Waals surface area contributed by atoms with Crippen molar-refractivity contribution in [2.24, 2.45) is 11.8 Å². The SMILES string of the molecule is CC(C)C(=O)[C@@H]1CCN(C)C1=O. The van der Waals surface area contributed by atoms with Gasteiger partial charge in [-0.2, -0.15) is 0 Å². The molecular weight excluding hydrogens is 154 g/mol. The standard InChI is InChI=1S/C9H15NO2/c1-6(2)8(11)7-4-5-10(3)9(7)12/h6-7H,4-5H2,1-3H3/t7-/m0/s1. The van der Waals surface area contributed by atoms with Crippen molar-refractivity contribution in [2.75, 3.05) is 13.6 Å². The molecule has 0 aromatic heterocycles. The monoisotopic (exact) mass is 169 g/mol. The van der Waals surface area contributed by atoms with Crippen LogP contribution in [-0.4, -0.2) is 30.2 Å². The highest BCUT2D eigenvalue weighted by molar-refractivity contribution is 6.03. The van der Waals surface area contributed by atoms with Crippen molar-refractivity contribution in [3.05, 3.63) is 0 Å². The lowest BCUT2D eigenvalue weighted by molar-refractivity contribution is -0.137. The molecule has 0 bridgehead atoms. The number of rotatable bonds is 2. The van der Waals surface area contributed by atoms with Crippen LogP contribution in [-0.2, 0) is 9.59 Å². The quantitative estimate of drug-likeness (QED) is 0.570. The van der Waals surface area contributed by atoms with Crippen LogP contribution in [0.1, 0.15) is 20.3 Å². The number of carbonyl (C=O) groups is 2. The van der Waals surface area contributed by atoms with Gasteiger partial charge in [0.1, 0.15) is 5.78 Å². The molecule has 0 aromatic rings. The van der Waals surface area contributed by atoms with E-state index in [0.29, 0.717) is 6.42 Å². The van der Waals surface area contributed by atoms with Crippen LogP contribution >= 0.6 is 0 Å². The molecule has 1 atom stereocenters. The van der Waals surface area contributed by atoms with Crippen molar-refractivity contribution in [1.82, 2.24) is 4.90 Å². The first-order chi connectivity index (χ1) is 5.54. The van der Waals surface area contributed by atoms with Gasteiger partial charge in [-0.05, 0) is 6.42 Å². The van der Waals surface area contributed by atoms with E-state index in [2.05, 4.69) is 0 Å². The largest absolute Gasteiger partial charge is 0.345 e. The van der Waals surface area contributed by atoms with E-state index in [1.807, 2.05) is 13.8 Å². The third-order valence-electron chi connectivity index (χ3n) is 2.34. The summed E-state index contributed by atoms with van der Waals surface area (Å²) in [6.07, 6.45) is 0.701. The molecule has 68 valence electrons. The molecule has 0 unspecified atom stereocenters. The zero-order chi connectivity index (χ0) is 9.30. The molecule has 0 aliphatic carbocycles. The Morgan fingerprint density at radius 1 is 1.58 bits per heavy atom. The van der Waals surface area contributed by atoms with Crippen molar-refractivity contribution in [2.45, 2.75) is 20.3 Å². The summed E-state index contributed by atoms with van der Waals surface area (Å²) in [5.74, 6) is -0.293. The molecule has 1 aliphatic rings. The van der Waals surface area contributed by atoms with Gasteiger partial charge in [0.15, 0.2) is 0 Å². The molecule has 0 spiro atoms. The molecule has 3 heteroatoms. The zero-order valence-corrected chi connectivity index (χ0v) is 7.83. The van der Waals surface area contributed by atoms with Crippen LogP contribution in [0.15, 0.2) is 0 Å². The summed E-state index contributed by atoms with van der Waals surface area (Å²) in [4.78, 5) is 24.4. The average Bonchev–Trinajstić information content (AvgIpc) is 2.32. The Kier molecular flexibility index (Phi) is 2.50. The van der Waals surface area contributed by atoms with Crippen molar-refractivity contribution in [3.8, 4) is 0 Å². The molecule has 1 amide bonds. The Labute approximate surface area is 72.7 Å². The molecule has 1 saturated heterocycles. The fourth-order valence-electron chi connectivity index (χ4n) is 1.49. The minimum Gasteiger partial charge on any atom is -0.345 e. The summed E-state index contributed by atoms with van der Waals surface area (Å²) >= 11 is 0. The second-order valence-corrected chi connectivity index (χ2v) is 3.66. The van der Waals surface area contributed by atoms with Crippen molar-refractivity contribution in [3.63, 3.8) is 0 Å². The number of hydrogen-bond donors (Lipinski definition) is 0. The number of ketones is 1. The molecule has 12 heavy (non-hydrogen) atoms. The Hall–Kier alpha value is -0.860. The molecule has 0 radical (unpaired) electrons. The number of amides is 1. The lowest BCUT2D eigenvalue weighted by Gasteiger charge is -2.10. The number of nitrogens with zero attached hydrogens (tertiary/aromatic N) is 1. The number of Topliss-reactive ketones (excluding diaryl/α,β-unsaturated/α-hetero) is 1. The first-order valence-corrected chi connectivity index (χ1v) is 4.32. The topological polar surface area (TPSA) is 37.4 Å². The Morgan fingerprint density at radius 3 is 2.50 bits per heavy atom. The highest BCUT2D eigenvalue weighted by Crippen LogP contribution is 2.20. The van der Waals surface area contributed by atoms with Crippen LogP contribution in [0.5, 0.6) is 0 Å². The van der Waals surface area contributed by atoms with E-state index in [1.54, 1.807) is 11.9 Å². The maximum absolute atomic E-state index is 11.5. The van der Waals surface area contributed by atoms with Crippen LogP contribution in [0.4, 0.5) is 0 Å². The molecule has 1 rings (SSSR count). The second-order valence-electron chi connectivity index (χ2n) is 3.66. The van der Waals surface area contributed by atoms with Crippen molar-refractivity contribution in [1.29, 1.82) is 0 Å². The second kappa shape index (κ2) is 3.25. The summed E-state index contributed by atoms with van der Waals surface area (Å²) in [6.45, 7) is 4.41. The smallest absolute Gasteiger partial charge is 0.232 e. The first kappa shape index (κ1) is 9.23. The Morgan fingerprint density at radius 2 is 2.17 bits per heavy atom. The van der Waals surface area contributed by atoms with Crippen molar-refractivity contribution >= 4 is 11.7 Å². The lowest BCUT2D eigenvalue weighted by atomic mass is 9.94. The summed E-state index contributed by atoms with van der Waals surface area (Å²) in [5, 5.41) is 0. The zero-order valence-electron chi connectivity index (χ0n) is 7.83. The molecule has 0 aromatic carbocycles. The van der Waals surface area contributed by atoms with Crippen LogP contribution < -0.4 is 0 Å². The van der Waals surface area contributed by atoms with Gasteiger partial charge < -0.3 is 4.90 Å². The van der Waals surface area contributed by atoms with Gasteiger partial charge >= 0.3 is 0 Å². The molecule has 0 N–H and O–H groups in total. The van der Waals surface area contributed by atoms with E-state index >= 15 is 0 Å². The Bertz CT molecular complexity index is 211. The molecule has 3 nitrogen and oxygen atoms in total. The van der Waals surface area contributed by atoms with Gasteiger partial charge in [0.25, 0.3) is 0 Å². The lowest BCUT2D eigenvalue weighted by Crippen LogP contribution is -2.29. The Balaban J connectivity index is 2.66.